The van der Waals surface area contributed by atoms with Gasteiger partial charge in [-0.1, -0.05) is 18.0 Å². The molecule has 96 valence electrons. The van der Waals surface area contributed by atoms with Crippen LogP contribution in [0.15, 0.2) is 20.4 Å². The van der Waals surface area contributed by atoms with Crippen LogP contribution in [0.5, 0.6) is 0 Å². The van der Waals surface area contributed by atoms with Crippen molar-refractivity contribution >= 4 is 23.7 Å². The molecule has 0 atom stereocenters. The molecule has 1 amide bonds. The van der Waals surface area contributed by atoms with Crippen molar-refractivity contribution in [1.29, 1.82) is 0 Å². The zero-order valence-corrected chi connectivity index (χ0v) is 9.66. The lowest BCUT2D eigenvalue weighted by Gasteiger charge is -2.03. The molecule has 0 aromatic heterocycles. The van der Waals surface area contributed by atoms with Crippen molar-refractivity contribution in [2.75, 3.05) is 13.1 Å². The SMILES string of the molecule is O=C=NCCCCCCN=C1ON=NC(=O)C1=O. The summed E-state index contributed by atoms with van der Waals surface area (Å²) in [5.41, 5.74) is 0. The van der Waals surface area contributed by atoms with Gasteiger partial charge in [0, 0.05) is 11.8 Å². The zero-order chi connectivity index (χ0) is 13.2. The van der Waals surface area contributed by atoms with Crippen LogP contribution in [0, 0.1) is 0 Å². The number of nitrogens with zero attached hydrogens (tertiary/aromatic N) is 4. The summed E-state index contributed by atoms with van der Waals surface area (Å²) >= 11 is 0. The van der Waals surface area contributed by atoms with Crippen molar-refractivity contribution < 1.29 is 19.2 Å². The lowest BCUT2D eigenvalue weighted by atomic mass is 10.2. The second kappa shape index (κ2) is 7.97. The third-order valence-corrected chi connectivity index (χ3v) is 2.15. The summed E-state index contributed by atoms with van der Waals surface area (Å²) in [6, 6.07) is 0. The average Bonchev–Trinajstić information content (AvgIpc) is 2.37. The minimum absolute atomic E-state index is 0.305. The fraction of sp³-hybridized carbons (Fsp3) is 0.600. The molecule has 8 nitrogen and oxygen atoms in total. The number of amides is 1. The molecule has 0 N–H and O–H groups in total. The number of carbonyl (C=O) groups excluding carboxylic acids is 3. The van der Waals surface area contributed by atoms with Crippen molar-refractivity contribution in [3.63, 3.8) is 0 Å². The Morgan fingerprint density at radius 1 is 1.11 bits per heavy atom. The first-order valence-corrected chi connectivity index (χ1v) is 5.50. The van der Waals surface area contributed by atoms with Crippen LogP contribution >= 0.6 is 0 Å². The van der Waals surface area contributed by atoms with Gasteiger partial charge in [0.1, 0.15) is 0 Å². The number of aliphatic imine (C=N–C) groups is 2. The fourth-order valence-corrected chi connectivity index (χ4v) is 1.26. The Bertz CT molecular complexity index is 424. The van der Waals surface area contributed by atoms with Gasteiger partial charge >= 0.3 is 11.7 Å². The molecule has 0 spiro atoms. The molecular formula is C10H12N4O4. The maximum absolute atomic E-state index is 11.2. The third-order valence-electron chi connectivity index (χ3n) is 2.15. The molecule has 0 saturated heterocycles. The lowest BCUT2D eigenvalue weighted by Crippen LogP contribution is -2.27. The van der Waals surface area contributed by atoms with Gasteiger partial charge in [-0.2, -0.15) is 0 Å². The fourth-order valence-electron chi connectivity index (χ4n) is 1.26. The van der Waals surface area contributed by atoms with Crippen molar-refractivity contribution in [3.8, 4) is 0 Å². The van der Waals surface area contributed by atoms with Gasteiger partial charge in [-0.15, -0.1) is 0 Å². The third kappa shape index (κ3) is 4.75. The minimum Gasteiger partial charge on any atom is -0.314 e. The van der Waals surface area contributed by atoms with Crippen molar-refractivity contribution in [1.82, 2.24) is 0 Å². The molecule has 0 unspecified atom stereocenters. The topological polar surface area (TPSA) is 110 Å². The summed E-state index contributed by atoms with van der Waals surface area (Å²) in [5.74, 6) is -2.14. The highest BCUT2D eigenvalue weighted by Crippen LogP contribution is 2.03. The van der Waals surface area contributed by atoms with Gasteiger partial charge in [0.25, 0.3) is 5.90 Å². The Balaban J connectivity index is 2.17. The summed E-state index contributed by atoms with van der Waals surface area (Å²) in [4.78, 5) is 43.5. The molecule has 0 radical (unpaired) electrons. The maximum Gasteiger partial charge on any atom is 0.344 e. The summed E-state index contributed by atoms with van der Waals surface area (Å²) < 4.78 is 0. The van der Waals surface area contributed by atoms with Crippen LogP contribution in [-0.2, 0) is 19.2 Å². The molecule has 0 bridgehead atoms. The number of rotatable bonds is 7. The first kappa shape index (κ1) is 13.9. The van der Waals surface area contributed by atoms with Crippen LogP contribution < -0.4 is 0 Å². The molecule has 0 fully saturated rings. The molecule has 0 aliphatic carbocycles. The van der Waals surface area contributed by atoms with E-state index in [-0.39, 0.29) is 5.90 Å². The Hall–Kier alpha value is -2.21. The van der Waals surface area contributed by atoms with Gasteiger partial charge in [0.15, 0.2) is 0 Å². The zero-order valence-electron chi connectivity index (χ0n) is 9.66. The molecule has 1 rings (SSSR count). The number of hydrogen-bond donors (Lipinski definition) is 0. The summed E-state index contributed by atoms with van der Waals surface area (Å²) in [5, 5.41) is 5.95. The molecule has 0 aromatic rings. The van der Waals surface area contributed by atoms with E-state index in [4.69, 9.17) is 0 Å². The van der Waals surface area contributed by atoms with E-state index in [1.807, 2.05) is 0 Å². The van der Waals surface area contributed by atoms with E-state index >= 15 is 0 Å². The van der Waals surface area contributed by atoms with Gasteiger partial charge in [0.2, 0.25) is 6.08 Å². The van der Waals surface area contributed by atoms with Crippen LogP contribution in [0.2, 0.25) is 0 Å². The van der Waals surface area contributed by atoms with Gasteiger partial charge in [-0.3, -0.25) is 9.59 Å². The van der Waals surface area contributed by atoms with Crippen LogP contribution in [0.25, 0.3) is 0 Å². The Morgan fingerprint density at radius 3 is 2.56 bits per heavy atom. The second-order valence-corrected chi connectivity index (χ2v) is 3.48. The molecule has 1 aliphatic heterocycles. The van der Waals surface area contributed by atoms with Crippen LogP contribution in [0.1, 0.15) is 25.7 Å². The van der Waals surface area contributed by atoms with Crippen LogP contribution in [0.4, 0.5) is 0 Å². The Kier molecular flexibility index (Phi) is 6.13. The van der Waals surface area contributed by atoms with Crippen molar-refractivity contribution in [2.24, 2.45) is 20.4 Å². The summed E-state index contributed by atoms with van der Waals surface area (Å²) in [6.07, 6.45) is 4.82. The average molecular weight is 252 g/mol. The Morgan fingerprint density at radius 2 is 1.83 bits per heavy atom. The number of carbonyl (C=O) groups is 2. The van der Waals surface area contributed by atoms with Crippen LogP contribution in [0.3, 0.4) is 0 Å². The smallest absolute Gasteiger partial charge is 0.314 e. The maximum atomic E-state index is 11.2. The first-order chi connectivity index (χ1) is 8.75. The van der Waals surface area contributed by atoms with Gasteiger partial charge < -0.3 is 4.84 Å². The van der Waals surface area contributed by atoms with E-state index in [0.717, 1.165) is 25.7 Å². The van der Waals surface area contributed by atoms with E-state index < -0.39 is 11.7 Å². The Labute approximate surface area is 103 Å². The molecule has 8 heteroatoms. The highest BCUT2D eigenvalue weighted by atomic mass is 16.7. The molecule has 18 heavy (non-hydrogen) atoms. The molecule has 0 saturated carbocycles. The van der Waals surface area contributed by atoms with E-state index in [2.05, 4.69) is 25.2 Å². The van der Waals surface area contributed by atoms with Gasteiger partial charge in [-0.05, 0) is 12.8 Å². The molecule has 1 heterocycles. The molecule has 1 aliphatic rings. The van der Waals surface area contributed by atoms with Gasteiger partial charge in [0.05, 0.1) is 6.54 Å². The van der Waals surface area contributed by atoms with E-state index in [1.165, 1.54) is 6.08 Å². The van der Waals surface area contributed by atoms with Crippen molar-refractivity contribution in [3.05, 3.63) is 0 Å². The first-order valence-electron chi connectivity index (χ1n) is 5.50. The molecular weight excluding hydrogens is 240 g/mol. The monoisotopic (exact) mass is 252 g/mol. The summed E-state index contributed by atoms with van der Waals surface area (Å²) in [6.45, 7) is 0.856. The quantitative estimate of drug-likeness (QED) is 0.288. The second-order valence-electron chi connectivity index (χ2n) is 3.48. The number of isocyanates is 1. The van der Waals surface area contributed by atoms with Crippen molar-refractivity contribution in [2.45, 2.75) is 25.7 Å². The highest BCUT2D eigenvalue weighted by Gasteiger charge is 2.26. The van der Waals surface area contributed by atoms with Gasteiger partial charge in [-0.25, -0.2) is 14.8 Å². The lowest BCUT2D eigenvalue weighted by molar-refractivity contribution is -0.134. The predicted octanol–water partition coefficient (Wildman–Crippen LogP) is 0.774. The summed E-state index contributed by atoms with van der Waals surface area (Å²) in [7, 11) is 0. The van der Waals surface area contributed by atoms with E-state index in [9.17, 15) is 14.4 Å². The predicted molar refractivity (Wildman–Crippen MR) is 59.7 cm³/mol. The normalized spacial score (nSPS) is 16.6. The number of ketones is 1. The number of unbranched alkanes of at least 4 members (excludes halogenated alkanes) is 3. The van der Waals surface area contributed by atoms with E-state index in [0.29, 0.717) is 13.1 Å². The van der Waals surface area contributed by atoms with E-state index in [1.54, 1.807) is 0 Å². The largest absolute Gasteiger partial charge is 0.344 e. The highest BCUT2D eigenvalue weighted by molar-refractivity contribution is 6.63. The minimum atomic E-state index is -0.966. The number of hydrogen-bond acceptors (Lipinski definition) is 7. The standard InChI is InChI=1S/C10H12N4O4/c15-7-11-5-3-1-2-4-6-12-10-8(16)9(17)13-14-18-10/h1-6H2. The van der Waals surface area contributed by atoms with Crippen LogP contribution in [-0.4, -0.2) is 36.8 Å². The number of Topliss-reactive ketones (excluding diaryl/α,β-unsaturated/α-hetero) is 1. The molecule has 0 aromatic carbocycles.